The number of hydrogen-bond acceptors (Lipinski definition) is 5. The van der Waals surface area contributed by atoms with Crippen molar-refractivity contribution in [2.75, 3.05) is 5.32 Å². The first-order valence-electron chi connectivity index (χ1n) is 7.63. The summed E-state index contributed by atoms with van der Waals surface area (Å²) in [5, 5.41) is 5.35. The van der Waals surface area contributed by atoms with Crippen LogP contribution in [0.25, 0.3) is 10.2 Å². The number of carbonyl (C=O) groups is 2. The number of carbonyl (C=O) groups excluding carboxylic acids is 2. The molecule has 0 unspecified atom stereocenters. The molecule has 2 aromatic rings. The Labute approximate surface area is 151 Å². The van der Waals surface area contributed by atoms with Gasteiger partial charge in [0.05, 0.1) is 10.2 Å². The summed E-state index contributed by atoms with van der Waals surface area (Å²) < 4.78 is 41.1. The number of anilines is 1. The summed E-state index contributed by atoms with van der Waals surface area (Å²) in [5.74, 6) is -1.12. The van der Waals surface area contributed by atoms with Crippen molar-refractivity contribution in [1.82, 2.24) is 10.3 Å². The Morgan fingerprint density at radius 3 is 2.46 bits per heavy atom. The maximum Gasteiger partial charge on any atom is 0.573 e. The van der Waals surface area contributed by atoms with Crippen LogP contribution in [-0.4, -0.2) is 29.2 Å². The fraction of sp³-hybridized carbons (Fsp3) is 0.438. The number of rotatable bonds is 4. The number of nitrogens with one attached hydrogen (secondary N) is 2. The molecule has 0 saturated carbocycles. The van der Waals surface area contributed by atoms with E-state index in [1.165, 1.54) is 19.1 Å². The lowest BCUT2D eigenvalue weighted by atomic mass is 9.95. The van der Waals surface area contributed by atoms with Gasteiger partial charge in [-0.2, -0.15) is 0 Å². The minimum Gasteiger partial charge on any atom is -0.406 e. The Bertz CT molecular complexity index is 827. The van der Waals surface area contributed by atoms with Crippen molar-refractivity contribution in [2.24, 2.45) is 5.41 Å². The molecule has 0 saturated heterocycles. The second-order valence-corrected chi connectivity index (χ2v) is 7.66. The zero-order valence-electron chi connectivity index (χ0n) is 14.5. The van der Waals surface area contributed by atoms with Crippen LogP contribution < -0.4 is 15.4 Å². The molecule has 1 heterocycles. The van der Waals surface area contributed by atoms with E-state index in [-0.39, 0.29) is 16.8 Å². The molecular formula is C16H18F3N3O3S. The van der Waals surface area contributed by atoms with E-state index < -0.39 is 23.7 Å². The van der Waals surface area contributed by atoms with Crippen LogP contribution in [0.5, 0.6) is 5.75 Å². The summed E-state index contributed by atoms with van der Waals surface area (Å²) in [6, 6.07) is 2.92. The van der Waals surface area contributed by atoms with Crippen molar-refractivity contribution in [1.29, 1.82) is 0 Å². The maximum absolute atomic E-state index is 12.3. The highest BCUT2D eigenvalue weighted by Crippen LogP contribution is 2.31. The van der Waals surface area contributed by atoms with Crippen LogP contribution in [-0.2, 0) is 9.59 Å². The van der Waals surface area contributed by atoms with E-state index >= 15 is 0 Å². The number of fused-ring (bicyclic) bond motifs is 1. The average Bonchev–Trinajstić information content (AvgIpc) is 2.85. The van der Waals surface area contributed by atoms with E-state index in [0.29, 0.717) is 10.2 Å². The van der Waals surface area contributed by atoms with Gasteiger partial charge in [-0.25, -0.2) is 4.98 Å². The number of benzene rings is 1. The molecule has 2 amide bonds. The maximum atomic E-state index is 12.3. The normalized spacial score (nSPS) is 13.3. The molecule has 0 fully saturated rings. The van der Waals surface area contributed by atoms with Crippen molar-refractivity contribution < 1.29 is 27.5 Å². The lowest BCUT2D eigenvalue weighted by Gasteiger charge is -2.21. The minimum absolute atomic E-state index is 0.214. The standard InChI is InChI=1S/C16H18F3N3O3S/c1-8(20-13(24)15(2,3)4)12(23)22-14-21-10-6-5-9(7-11(10)26-14)25-16(17,18)19/h5-8H,1-4H3,(H,20,24)(H,21,22,23)/t8-/m0/s1. The zero-order chi connectivity index (χ0) is 19.7. The molecule has 142 valence electrons. The zero-order valence-corrected chi connectivity index (χ0v) is 15.3. The summed E-state index contributed by atoms with van der Waals surface area (Å²) in [4.78, 5) is 28.2. The Morgan fingerprint density at radius 1 is 1.23 bits per heavy atom. The smallest absolute Gasteiger partial charge is 0.406 e. The van der Waals surface area contributed by atoms with Gasteiger partial charge in [0, 0.05) is 11.5 Å². The van der Waals surface area contributed by atoms with Crippen LogP contribution in [0.15, 0.2) is 18.2 Å². The van der Waals surface area contributed by atoms with Gasteiger partial charge >= 0.3 is 6.36 Å². The monoisotopic (exact) mass is 389 g/mol. The van der Waals surface area contributed by atoms with Gasteiger partial charge in [0.1, 0.15) is 11.8 Å². The van der Waals surface area contributed by atoms with Gasteiger partial charge in [0.2, 0.25) is 11.8 Å². The second kappa shape index (κ2) is 7.10. The average molecular weight is 389 g/mol. The van der Waals surface area contributed by atoms with E-state index in [0.717, 1.165) is 17.4 Å². The fourth-order valence-electron chi connectivity index (χ4n) is 1.85. The van der Waals surface area contributed by atoms with Crippen LogP contribution in [0, 0.1) is 5.41 Å². The summed E-state index contributed by atoms with van der Waals surface area (Å²) >= 11 is 1.00. The van der Waals surface area contributed by atoms with Crippen LogP contribution in [0.2, 0.25) is 0 Å². The molecule has 0 spiro atoms. The van der Waals surface area contributed by atoms with Crippen LogP contribution >= 0.6 is 11.3 Å². The minimum atomic E-state index is -4.78. The molecule has 2 N–H and O–H groups in total. The predicted octanol–water partition coefficient (Wildman–Crippen LogP) is 3.68. The predicted molar refractivity (Wildman–Crippen MR) is 92.0 cm³/mol. The van der Waals surface area contributed by atoms with E-state index in [9.17, 15) is 22.8 Å². The highest BCUT2D eigenvalue weighted by molar-refractivity contribution is 7.22. The van der Waals surface area contributed by atoms with E-state index in [2.05, 4.69) is 20.4 Å². The molecule has 10 heteroatoms. The molecule has 0 aliphatic carbocycles. The first kappa shape index (κ1) is 20.0. The molecule has 0 aliphatic heterocycles. The first-order chi connectivity index (χ1) is 11.8. The van der Waals surface area contributed by atoms with E-state index in [1.54, 1.807) is 20.8 Å². The topological polar surface area (TPSA) is 80.3 Å². The van der Waals surface area contributed by atoms with Gasteiger partial charge in [-0.15, -0.1) is 13.2 Å². The number of hydrogen-bond donors (Lipinski definition) is 2. The first-order valence-corrected chi connectivity index (χ1v) is 8.45. The molecular weight excluding hydrogens is 371 g/mol. The third kappa shape index (κ3) is 5.32. The molecule has 1 aromatic heterocycles. The summed E-state index contributed by atoms with van der Waals surface area (Å²) in [6.45, 7) is 6.70. The van der Waals surface area contributed by atoms with E-state index in [1.807, 2.05) is 0 Å². The Morgan fingerprint density at radius 2 is 1.88 bits per heavy atom. The van der Waals surface area contributed by atoms with Crippen molar-refractivity contribution in [3.63, 3.8) is 0 Å². The largest absolute Gasteiger partial charge is 0.573 e. The van der Waals surface area contributed by atoms with Gasteiger partial charge < -0.3 is 15.4 Å². The fourth-order valence-corrected chi connectivity index (χ4v) is 2.75. The highest BCUT2D eigenvalue weighted by Gasteiger charge is 2.31. The van der Waals surface area contributed by atoms with Crippen molar-refractivity contribution in [3.8, 4) is 5.75 Å². The molecule has 2 rings (SSSR count). The summed E-state index contributed by atoms with van der Waals surface area (Å²) in [6.07, 6.45) is -4.78. The summed E-state index contributed by atoms with van der Waals surface area (Å²) in [7, 11) is 0. The van der Waals surface area contributed by atoms with Gasteiger partial charge in [-0.1, -0.05) is 32.1 Å². The highest BCUT2D eigenvalue weighted by atomic mass is 32.1. The molecule has 0 aliphatic rings. The molecule has 1 aromatic carbocycles. The molecule has 6 nitrogen and oxygen atoms in total. The van der Waals surface area contributed by atoms with Crippen molar-refractivity contribution in [3.05, 3.63) is 18.2 Å². The van der Waals surface area contributed by atoms with E-state index in [4.69, 9.17) is 0 Å². The number of nitrogens with zero attached hydrogens (tertiary/aromatic N) is 1. The summed E-state index contributed by atoms with van der Waals surface area (Å²) in [5.41, 5.74) is -0.217. The van der Waals surface area contributed by atoms with Gasteiger partial charge in [0.15, 0.2) is 5.13 Å². The van der Waals surface area contributed by atoms with Crippen LogP contribution in [0.1, 0.15) is 27.7 Å². The molecule has 1 atom stereocenters. The molecule has 0 bridgehead atoms. The number of thiazole rings is 1. The SMILES string of the molecule is C[C@H](NC(=O)C(C)(C)C)C(=O)Nc1nc2ccc(OC(F)(F)F)cc2s1. The Kier molecular flexibility index (Phi) is 5.45. The quantitative estimate of drug-likeness (QED) is 0.836. The number of alkyl halides is 3. The molecule has 26 heavy (non-hydrogen) atoms. The number of halogens is 3. The number of ether oxygens (including phenoxy) is 1. The lowest BCUT2D eigenvalue weighted by molar-refractivity contribution is -0.274. The van der Waals surface area contributed by atoms with Crippen LogP contribution in [0.3, 0.4) is 0 Å². The molecule has 0 radical (unpaired) electrons. The van der Waals surface area contributed by atoms with Gasteiger partial charge in [-0.05, 0) is 19.1 Å². The number of aromatic nitrogens is 1. The third-order valence-electron chi connectivity index (χ3n) is 3.25. The second-order valence-electron chi connectivity index (χ2n) is 6.63. The van der Waals surface area contributed by atoms with Gasteiger partial charge in [0.25, 0.3) is 0 Å². The van der Waals surface area contributed by atoms with Gasteiger partial charge in [-0.3, -0.25) is 9.59 Å². The Balaban J connectivity index is 2.08. The van der Waals surface area contributed by atoms with Crippen molar-refractivity contribution >= 4 is 38.5 Å². The number of amides is 2. The van der Waals surface area contributed by atoms with Crippen LogP contribution in [0.4, 0.5) is 18.3 Å². The third-order valence-corrected chi connectivity index (χ3v) is 4.18. The Hall–Kier alpha value is -2.36. The lowest BCUT2D eigenvalue weighted by Crippen LogP contribution is -2.46. The van der Waals surface area contributed by atoms with Crippen molar-refractivity contribution in [2.45, 2.75) is 40.1 Å².